The first-order valence-electron chi connectivity index (χ1n) is 6.06. The highest BCUT2D eigenvalue weighted by Gasteiger charge is 2.28. The van der Waals surface area contributed by atoms with Crippen molar-refractivity contribution in [3.8, 4) is 0 Å². The predicted octanol–water partition coefficient (Wildman–Crippen LogP) is -0.0128. The van der Waals surface area contributed by atoms with Crippen molar-refractivity contribution in [2.24, 2.45) is 0 Å². The summed E-state index contributed by atoms with van der Waals surface area (Å²) in [6.07, 6.45) is 2.37. The molecule has 0 aliphatic heterocycles. The molecule has 1 unspecified atom stereocenters. The second-order valence-corrected chi connectivity index (χ2v) is 5.23. The number of tetrazole rings is 1. The van der Waals surface area contributed by atoms with Crippen LogP contribution in [-0.4, -0.2) is 49.6 Å². The third-order valence-electron chi connectivity index (χ3n) is 2.69. The van der Waals surface area contributed by atoms with E-state index in [0.29, 0.717) is 24.2 Å². The van der Waals surface area contributed by atoms with Gasteiger partial charge in [0.05, 0.1) is 17.9 Å². The smallest absolute Gasteiger partial charge is 0.230 e. The second kappa shape index (κ2) is 6.14. The standard InChI is InChI=1S/C10H17N5O2S/c1-2-8(16)5-11-9(17)6-18-10-12-13-14-15(10)7-3-4-7/h7-8,16H,2-6H2,1H3,(H,11,17). The van der Waals surface area contributed by atoms with Gasteiger partial charge in [-0.1, -0.05) is 18.7 Å². The van der Waals surface area contributed by atoms with Gasteiger partial charge in [-0.25, -0.2) is 4.68 Å². The Morgan fingerprint density at radius 2 is 2.44 bits per heavy atom. The lowest BCUT2D eigenvalue weighted by Gasteiger charge is -2.08. The molecule has 0 bridgehead atoms. The highest BCUT2D eigenvalue weighted by molar-refractivity contribution is 7.99. The molecule has 0 spiro atoms. The first-order chi connectivity index (χ1) is 8.70. The molecule has 1 aromatic heterocycles. The Morgan fingerprint density at radius 1 is 1.67 bits per heavy atom. The van der Waals surface area contributed by atoms with E-state index < -0.39 is 6.10 Å². The van der Waals surface area contributed by atoms with Crippen molar-refractivity contribution in [1.29, 1.82) is 0 Å². The lowest BCUT2D eigenvalue weighted by atomic mass is 10.3. The third kappa shape index (κ3) is 3.67. The van der Waals surface area contributed by atoms with Crippen LogP contribution in [0.15, 0.2) is 5.16 Å². The van der Waals surface area contributed by atoms with E-state index in [4.69, 9.17) is 0 Å². The number of amides is 1. The van der Waals surface area contributed by atoms with E-state index in [2.05, 4.69) is 20.8 Å². The summed E-state index contributed by atoms with van der Waals surface area (Å²) in [5, 5.41) is 24.1. The predicted molar refractivity (Wildman–Crippen MR) is 66.1 cm³/mol. The number of rotatable bonds is 7. The van der Waals surface area contributed by atoms with Crippen molar-refractivity contribution < 1.29 is 9.90 Å². The maximum Gasteiger partial charge on any atom is 0.230 e. The number of aromatic nitrogens is 4. The summed E-state index contributed by atoms with van der Waals surface area (Å²) in [7, 11) is 0. The molecule has 2 rings (SSSR count). The Bertz CT molecular complexity index is 407. The number of hydrogen-bond acceptors (Lipinski definition) is 6. The molecule has 1 amide bonds. The molecule has 1 saturated carbocycles. The molecule has 7 nitrogen and oxygen atoms in total. The summed E-state index contributed by atoms with van der Waals surface area (Å²) in [6, 6.07) is 0.410. The summed E-state index contributed by atoms with van der Waals surface area (Å²) in [5.74, 6) is 0.154. The third-order valence-corrected chi connectivity index (χ3v) is 3.63. The van der Waals surface area contributed by atoms with Crippen molar-refractivity contribution in [3.05, 3.63) is 0 Å². The fourth-order valence-corrected chi connectivity index (χ4v) is 2.16. The fraction of sp³-hybridized carbons (Fsp3) is 0.800. The monoisotopic (exact) mass is 271 g/mol. The van der Waals surface area contributed by atoms with Crippen molar-refractivity contribution >= 4 is 17.7 Å². The van der Waals surface area contributed by atoms with E-state index in [9.17, 15) is 9.90 Å². The Morgan fingerprint density at radius 3 is 3.11 bits per heavy atom. The van der Waals surface area contributed by atoms with Crippen molar-refractivity contribution in [2.45, 2.75) is 43.5 Å². The van der Waals surface area contributed by atoms with Crippen LogP contribution in [0.4, 0.5) is 0 Å². The SMILES string of the molecule is CCC(O)CNC(=O)CSc1nnnn1C1CC1. The molecule has 100 valence electrons. The minimum Gasteiger partial charge on any atom is -0.391 e. The van der Waals surface area contributed by atoms with Crippen LogP contribution in [0.5, 0.6) is 0 Å². The minimum absolute atomic E-state index is 0.113. The van der Waals surface area contributed by atoms with E-state index >= 15 is 0 Å². The molecule has 1 aliphatic carbocycles. The second-order valence-electron chi connectivity index (χ2n) is 4.29. The Kier molecular flexibility index (Phi) is 4.54. The van der Waals surface area contributed by atoms with Crippen LogP contribution in [0.3, 0.4) is 0 Å². The molecule has 1 fully saturated rings. The molecule has 1 aromatic rings. The van der Waals surface area contributed by atoms with E-state index in [0.717, 1.165) is 12.8 Å². The van der Waals surface area contributed by atoms with Gasteiger partial charge in [-0.2, -0.15) is 0 Å². The summed E-state index contributed by atoms with van der Waals surface area (Å²) < 4.78 is 1.78. The van der Waals surface area contributed by atoms with Crippen LogP contribution in [0.1, 0.15) is 32.2 Å². The minimum atomic E-state index is -0.476. The van der Waals surface area contributed by atoms with Crippen LogP contribution >= 0.6 is 11.8 Å². The zero-order chi connectivity index (χ0) is 13.0. The molecule has 2 N–H and O–H groups in total. The quantitative estimate of drug-likeness (QED) is 0.677. The first kappa shape index (κ1) is 13.3. The van der Waals surface area contributed by atoms with Crippen LogP contribution in [-0.2, 0) is 4.79 Å². The molecular weight excluding hydrogens is 254 g/mol. The molecule has 8 heteroatoms. The number of thioether (sulfide) groups is 1. The lowest BCUT2D eigenvalue weighted by molar-refractivity contribution is -0.119. The number of aliphatic hydroxyl groups excluding tert-OH is 1. The lowest BCUT2D eigenvalue weighted by Crippen LogP contribution is -2.32. The Balaban J connectivity index is 1.73. The fourth-order valence-electron chi connectivity index (χ4n) is 1.39. The number of carbonyl (C=O) groups excluding carboxylic acids is 1. The maximum absolute atomic E-state index is 11.5. The summed E-state index contributed by atoms with van der Waals surface area (Å²) in [5.41, 5.74) is 0. The van der Waals surface area contributed by atoms with E-state index in [1.165, 1.54) is 11.8 Å². The molecular formula is C10H17N5O2S. The highest BCUT2D eigenvalue weighted by Crippen LogP contribution is 2.36. The molecule has 0 saturated heterocycles. The Labute approximate surface area is 109 Å². The number of nitrogens with zero attached hydrogens (tertiary/aromatic N) is 4. The van der Waals surface area contributed by atoms with Gasteiger partial charge >= 0.3 is 0 Å². The van der Waals surface area contributed by atoms with Gasteiger partial charge in [0, 0.05) is 6.54 Å². The molecule has 0 aromatic carbocycles. The van der Waals surface area contributed by atoms with E-state index in [-0.39, 0.29) is 11.7 Å². The van der Waals surface area contributed by atoms with Crippen molar-refractivity contribution in [3.63, 3.8) is 0 Å². The number of carbonyl (C=O) groups is 1. The van der Waals surface area contributed by atoms with E-state index in [1.54, 1.807) is 4.68 Å². The molecule has 1 aliphatic rings. The average molecular weight is 271 g/mol. The van der Waals surface area contributed by atoms with Crippen molar-refractivity contribution in [2.75, 3.05) is 12.3 Å². The zero-order valence-electron chi connectivity index (χ0n) is 10.2. The highest BCUT2D eigenvalue weighted by atomic mass is 32.2. The van der Waals surface area contributed by atoms with Crippen LogP contribution < -0.4 is 5.32 Å². The van der Waals surface area contributed by atoms with Gasteiger partial charge in [0.1, 0.15) is 0 Å². The van der Waals surface area contributed by atoms with Gasteiger partial charge in [-0.05, 0) is 29.7 Å². The number of nitrogens with one attached hydrogen (secondary N) is 1. The average Bonchev–Trinajstić information content (AvgIpc) is 3.12. The van der Waals surface area contributed by atoms with Gasteiger partial charge in [-0.3, -0.25) is 4.79 Å². The summed E-state index contributed by atoms with van der Waals surface area (Å²) in [4.78, 5) is 11.5. The Hall–Kier alpha value is -1.15. The number of hydrogen-bond donors (Lipinski definition) is 2. The van der Waals surface area contributed by atoms with Gasteiger partial charge in [0.15, 0.2) is 0 Å². The van der Waals surface area contributed by atoms with Crippen LogP contribution in [0, 0.1) is 0 Å². The van der Waals surface area contributed by atoms with E-state index in [1.807, 2.05) is 6.92 Å². The summed E-state index contributed by atoms with van der Waals surface area (Å²) in [6.45, 7) is 2.17. The molecule has 1 atom stereocenters. The maximum atomic E-state index is 11.5. The van der Waals surface area contributed by atoms with Gasteiger partial charge in [-0.15, -0.1) is 5.10 Å². The summed E-state index contributed by atoms with van der Waals surface area (Å²) >= 11 is 1.32. The van der Waals surface area contributed by atoms with Gasteiger partial charge in [0.2, 0.25) is 11.1 Å². The van der Waals surface area contributed by atoms with Crippen molar-refractivity contribution in [1.82, 2.24) is 25.5 Å². The molecule has 18 heavy (non-hydrogen) atoms. The first-order valence-corrected chi connectivity index (χ1v) is 7.04. The topological polar surface area (TPSA) is 92.9 Å². The van der Waals surface area contributed by atoms with Crippen LogP contribution in [0.2, 0.25) is 0 Å². The zero-order valence-corrected chi connectivity index (χ0v) is 11.1. The van der Waals surface area contributed by atoms with Gasteiger partial charge in [0.25, 0.3) is 0 Å². The molecule has 1 heterocycles. The van der Waals surface area contributed by atoms with Gasteiger partial charge < -0.3 is 10.4 Å². The number of aliphatic hydroxyl groups is 1. The van der Waals surface area contributed by atoms with Crippen LogP contribution in [0.25, 0.3) is 0 Å². The largest absolute Gasteiger partial charge is 0.391 e. The normalized spacial score (nSPS) is 16.6. The molecule has 0 radical (unpaired) electrons.